The predicted molar refractivity (Wildman–Crippen MR) is 80.5 cm³/mol. The Balaban J connectivity index is 2.03. The minimum atomic E-state index is 0.642. The van der Waals surface area contributed by atoms with Crippen LogP contribution in [-0.2, 0) is 0 Å². The summed E-state index contributed by atoms with van der Waals surface area (Å²) in [6.07, 6.45) is 14.4. The Morgan fingerprint density at radius 2 is 2.00 bits per heavy atom. The number of hydrogen-bond acceptors (Lipinski definition) is 1. The van der Waals surface area contributed by atoms with Crippen molar-refractivity contribution in [1.29, 1.82) is 0 Å². The van der Waals surface area contributed by atoms with Crippen LogP contribution in [0.2, 0.25) is 0 Å². The van der Waals surface area contributed by atoms with Crippen LogP contribution >= 0.6 is 0 Å². The fourth-order valence-corrected chi connectivity index (χ4v) is 2.53. The van der Waals surface area contributed by atoms with Gasteiger partial charge in [0.1, 0.15) is 0 Å². The van der Waals surface area contributed by atoms with E-state index in [2.05, 4.69) is 30.7 Å². The Labute approximate surface area is 113 Å². The molecule has 2 atom stereocenters. The molecule has 0 amide bonds. The zero-order valence-electron chi connectivity index (χ0n) is 12.0. The Hall–Kier alpha value is -0.740. The standard InChI is InChI=1S/C17H29N/c1-3-5-7-8-9-10-11-13-17-15-14-16(18-17)12-6-4-2/h4,16-18H,2-3,5-9,12-15H2,1H3/t16-,17+/m1/s1. The van der Waals surface area contributed by atoms with Gasteiger partial charge in [-0.1, -0.05) is 32.3 Å². The number of nitrogens with one attached hydrogen (secondary N) is 1. The van der Waals surface area contributed by atoms with Crippen molar-refractivity contribution < 1.29 is 0 Å². The fourth-order valence-electron chi connectivity index (χ4n) is 2.53. The van der Waals surface area contributed by atoms with Crippen molar-refractivity contribution in [3.63, 3.8) is 0 Å². The summed E-state index contributed by atoms with van der Waals surface area (Å²) in [5.41, 5.74) is 0. The summed E-state index contributed by atoms with van der Waals surface area (Å²) in [6, 6.07) is 1.35. The van der Waals surface area contributed by atoms with Gasteiger partial charge < -0.3 is 5.32 Å². The molecule has 1 nitrogen and oxygen atoms in total. The van der Waals surface area contributed by atoms with E-state index in [1.54, 1.807) is 0 Å². The first kappa shape index (κ1) is 15.3. The Kier molecular flexibility index (Phi) is 8.69. The van der Waals surface area contributed by atoms with Crippen LogP contribution in [0.15, 0.2) is 12.7 Å². The zero-order valence-corrected chi connectivity index (χ0v) is 12.0. The van der Waals surface area contributed by atoms with Gasteiger partial charge >= 0.3 is 0 Å². The second kappa shape index (κ2) is 10.2. The van der Waals surface area contributed by atoms with Crippen LogP contribution in [-0.4, -0.2) is 12.1 Å². The maximum Gasteiger partial charge on any atom is 0.0243 e. The molecule has 0 aromatic carbocycles. The largest absolute Gasteiger partial charge is 0.310 e. The first-order chi connectivity index (χ1) is 8.86. The van der Waals surface area contributed by atoms with Crippen LogP contribution in [0.5, 0.6) is 0 Å². The number of unbranched alkanes of at least 4 members (excludes halogenated alkanes) is 4. The molecule has 0 saturated carbocycles. The van der Waals surface area contributed by atoms with Gasteiger partial charge in [-0.2, -0.15) is 0 Å². The normalized spacial score (nSPS) is 22.5. The highest BCUT2D eigenvalue weighted by Gasteiger charge is 2.21. The van der Waals surface area contributed by atoms with E-state index >= 15 is 0 Å². The lowest BCUT2D eigenvalue weighted by Gasteiger charge is -2.11. The van der Waals surface area contributed by atoms with E-state index < -0.39 is 0 Å². The Bertz CT molecular complexity index is 271. The van der Waals surface area contributed by atoms with Gasteiger partial charge in [0.05, 0.1) is 0 Å². The summed E-state index contributed by atoms with van der Waals surface area (Å²) in [5, 5.41) is 3.69. The highest BCUT2D eigenvalue weighted by Crippen LogP contribution is 2.18. The minimum absolute atomic E-state index is 0.642. The van der Waals surface area contributed by atoms with Crippen molar-refractivity contribution in [2.45, 2.75) is 83.2 Å². The first-order valence-corrected chi connectivity index (χ1v) is 7.69. The van der Waals surface area contributed by atoms with Gasteiger partial charge in [0, 0.05) is 24.9 Å². The molecule has 1 saturated heterocycles. The van der Waals surface area contributed by atoms with Crippen molar-refractivity contribution >= 4 is 0 Å². The van der Waals surface area contributed by atoms with Gasteiger partial charge in [0.15, 0.2) is 0 Å². The SMILES string of the molecule is C=CCC[C@@H]1CC[C@H](CC#CCCCCCC)N1. The maximum atomic E-state index is 3.78. The molecule has 1 N–H and O–H groups in total. The van der Waals surface area contributed by atoms with E-state index in [0.717, 1.165) is 19.3 Å². The van der Waals surface area contributed by atoms with Crippen LogP contribution in [0, 0.1) is 11.8 Å². The molecule has 0 spiro atoms. The highest BCUT2D eigenvalue weighted by atomic mass is 15.0. The summed E-state index contributed by atoms with van der Waals surface area (Å²) in [5.74, 6) is 6.67. The molecule has 0 bridgehead atoms. The van der Waals surface area contributed by atoms with Gasteiger partial charge in [-0.25, -0.2) is 0 Å². The number of hydrogen-bond donors (Lipinski definition) is 1. The van der Waals surface area contributed by atoms with E-state index in [1.807, 2.05) is 6.08 Å². The first-order valence-electron chi connectivity index (χ1n) is 7.69. The summed E-state index contributed by atoms with van der Waals surface area (Å²) in [4.78, 5) is 0. The second-order valence-corrected chi connectivity index (χ2v) is 5.37. The van der Waals surface area contributed by atoms with E-state index in [1.165, 1.54) is 44.9 Å². The quantitative estimate of drug-likeness (QED) is 0.380. The molecule has 0 radical (unpaired) electrons. The molecule has 0 aromatic heterocycles. The van der Waals surface area contributed by atoms with Crippen LogP contribution in [0.25, 0.3) is 0 Å². The predicted octanol–water partition coefficient (Wildman–Crippen LogP) is 4.44. The van der Waals surface area contributed by atoms with Crippen LogP contribution in [0.1, 0.15) is 71.1 Å². The number of rotatable bonds is 8. The van der Waals surface area contributed by atoms with Gasteiger partial charge in [-0.3, -0.25) is 0 Å². The molecular weight excluding hydrogens is 218 g/mol. The fraction of sp³-hybridized carbons (Fsp3) is 0.765. The van der Waals surface area contributed by atoms with Crippen molar-refractivity contribution in [3.05, 3.63) is 12.7 Å². The van der Waals surface area contributed by atoms with E-state index in [-0.39, 0.29) is 0 Å². The van der Waals surface area contributed by atoms with E-state index in [4.69, 9.17) is 0 Å². The molecule has 1 aliphatic heterocycles. The smallest absolute Gasteiger partial charge is 0.0243 e. The van der Waals surface area contributed by atoms with Gasteiger partial charge in [0.2, 0.25) is 0 Å². The highest BCUT2D eigenvalue weighted by molar-refractivity contribution is 5.03. The molecule has 1 aliphatic rings. The van der Waals surface area contributed by atoms with Crippen LogP contribution < -0.4 is 5.32 Å². The molecule has 1 fully saturated rings. The van der Waals surface area contributed by atoms with Gasteiger partial charge in [0.25, 0.3) is 0 Å². The van der Waals surface area contributed by atoms with Crippen molar-refractivity contribution in [2.75, 3.05) is 0 Å². The third-order valence-corrected chi connectivity index (χ3v) is 3.68. The van der Waals surface area contributed by atoms with E-state index in [0.29, 0.717) is 12.1 Å². The van der Waals surface area contributed by atoms with Crippen molar-refractivity contribution in [1.82, 2.24) is 5.32 Å². The average molecular weight is 247 g/mol. The summed E-state index contributed by atoms with van der Waals surface area (Å²) in [7, 11) is 0. The average Bonchev–Trinajstić information content (AvgIpc) is 2.83. The summed E-state index contributed by atoms with van der Waals surface area (Å²) >= 11 is 0. The maximum absolute atomic E-state index is 3.78. The third-order valence-electron chi connectivity index (χ3n) is 3.68. The molecule has 102 valence electrons. The monoisotopic (exact) mass is 247 g/mol. The Morgan fingerprint density at radius 1 is 1.17 bits per heavy atom. The lowest BCUT2D eigenvalue weighted by atomic mass is 10.1. The van der Waals surface area contributed by atoms with Crippen LogP contribution in [0.4, 0.5) is 0 Å². The molecular formula is C17H29N. The van der Waals surface area contributed by atoms with Crippen molar-refractivity contribution in [2.24, 2.45) is 0 Å². The van der Waals surface area contributed by atoms with Gasteiger partial charge in [-0.05, 0) is 32.1 Å². The second-order valence-electron chi connectivity index (χ2n) is 5.37. The topological polar surface area (TPSA) is 12.0 Å². The molecule has 0 unspecified atom stereocenters. The summed E-state index contributed by atoms with van der Waals surface area (Å²) in [6.45, 7) is 6.03. The molecule has 0 aliphatic carbocycles. The van der Waals surface area contributed by atoms with Crippen molar-refractivity contribution in [3.8, 4) is 11.8 Å². The molecule has 18 heavy (non-hydrogen) atoms. The molecule has 1 heteroatoms. The summed E-state index contributed by atoms with van der Waals surface area (Å²) < 4.78 is 0. The number of allylic oxidation sites excluding steroid dienone is 1. The van der Waals surface area contributed by atoms with E-state index in [9.17, 15) is 0 Å². The lowest BCUT2D eigenvalue weighted by Crippen LogP contribution is -2.28. The molecule has 1 rings (SSSR count). The van der Waals surface area contributed by atoms with Gasteiger partial charge in [-0.15, -0.1) is 18.4 Å². The minimum Gasteiger partial charge on any atom is -0.310 e. The third kappa shape index (κ3) is 6.87. The molecule has 1 heterocycles. The Morgan fingerprint density at radius 3 is 2.78 bits per heavy atom. The lowest BCUT2D eigenvalue weighted by molar-refractivity contribution is 0.519. The molecule has 0 aromatic rings. The van der Waals surface area contributed by atoms with Crippen LogP contribution in [0.3, 0.4) is 0 Å². The zero-order chi connectivity index (χ0) is 13.1.